The molecule has 0 radical (unpaired) electrons. The molecule has 1 aliphatic heterocycles. The lowest BCUT2D eigenvalue weighted by Crippen LogP contribution is -2.47. The molecule has 2 rings (SSSR count). The fraction of sp³-hybridized carbons (Fsp3) is 0.583. The summed E-state index contributed by atoms with van der Waals surface area (Å²) in [7, 11) is 0. The largest absolute Gasteiger partial charge is 0.368 e. The quantitative estimate of drug-likeness (QED) is 0.773. The number of nitrogens with zero attached hydrogens (tertiary/aromatic N) is 3. The predicted octanol–water partition coefficient (Wildman–Crippen LogP) is 1.48. The molecule has 0 amide bonds. The molecule has 2 heterocycles. The number of alkyl halides is 1. The molecule has 0 N–H and O–H groups in total. The van der Waals surface area contributed by atoms with Gasteiger partial charge in [0.05, 0.1) is 11.9 Å². The van der Waals surface area contributed by atoms with Gasteiger partial charge in [-0.15, -0.1) is 0 Å². The molecular weight excluding hydrogens is 205 g/mol. The van der Waals surface area contributed by atoms with E-state index in [0.717, 1.165) is 26.2 Å². The minimum absolute atomic E-state index is 0.244. The number of anilines is 1. The summed E-state index contributed by atoms with van der Waals surface area (Å²) in [6, 6.07) is 2.15. The van der Waals surface area contributed by atoms with Gasteiger partial charge in [-0.25, -0.2) is 4.39 Å². The first-order chi connectivity index (χ1) is 7.79. The Morgan fingerprint density at radius 3 is 2.62 bits per heavy atom. The van der Waals surface area contributed by atoms with Crippen LogP contribution in [0.2, 0.25) is 0 Å². The summed E-state index contributed by atoms with van der Waals surface area (Å²) in [6.45, 7) is 6.19. The lowest BCUT2D eigenvalue weighted by molar-refractivity contribution is 0.235. The molecule has 1 aromatic heterocycles. The van der Waals surface area contributed by atoms with Crippen molar-refractivity contribution in [3.05, 3.63) is 24.0 Å². The Kier molecular flexibility index (Phi) is 3.72. The number of pyridine rings is 1. The van der Waals surface area contributed by atoms with E-state index >= 15 is 0 Å². The fourth-order valence-corrected chi connectivity index (χ4v) is 2.06. The van der Waals surface area contributed by atoms with Crippen LogP contribution in [0, 0.1) is 6.92 Å². The highest BCUT2D eigenvalue weighted by Crippen LogP contribution is 2.16. The van der Waals surface area contributed by atoms with Gasteiger partial charge in [-0.1, -0.05) is 0 Å². The second-order valence-corrected chi connectivity index (χ2v) is 4.24. The first kappa shape index (κ1) is 11.3. The summed E-state index contributed by atoms with van der Waals surface area (Å²) in [5.41, 5.74) is 2.36. The number of piperazine rings is 1. The van der Waals surface area contributed by atoms with Crippen LogP contribution in [0.15, 0.2) is 18.5 Å². The summed E-state index contributed by atoms with van der Waals surface area (Å²) in [4.78, 5) is 8.68. The molecule has 16 heavy (non-hydrogen) atoms. The molecule has 3 nitrogen and oxygen atoms in total. The van der Waals surface area contributed by atoms with Crippen LogP contribution in [0.25, 0.3) is 0 Å². The van der Waals surface area contributed by atoms with Gasteiger partial charge < -0.3 is 4.90 Å². The van der Waals surface area contributed by atoms with E-state index in [1.165, 1.54) is 11.3 Å². The Balaban J connectivity index is 1.94. The lowest BCUT2D eigenvalue weighted by Gasteiger charge is -2.35. The average molecular weight is 223 g/mol. The number of hydrogen-bond donors (Lipinski definition) is 0. The highest BCUT2D eigenvalue weighted by molar-refractivity contribution is 5.46. The maximum atomic E-state index is 12.2. The zero-order chi connectivity index (χ0) is 11.4. The number of aryl methyl sites for hydroxylation is 1. The van der Waals surface area contributed by atoms with Crippen molar-refractivity contribution in [1.29, 1.82) is 0 Å². The lowest BCUT2D eigenvalue weighted by atomic mass is 10.2. The second-order valence-electron chi connectivity index (χ2n) is 4.24. The van der Waals surface area contributed by atoms with Crippen molar-refractivity contribution in [3.63, 3.8) is 0 Å². The van der Waals surface area contributed by atoms with Crippen molar-refractivity contribution in [1.82, 2.24) is 9.88 Å². The minimum atomic E-state index is -0.244. The second kappa shape index (κ2) is 5.25. The van der Waals surface area contributed by atoms with E-state index in [2.05, 4.69) is 27.8 Å². The topological polar surface area (TPSA) is 19.4 Å². The Labute approximate surface area is 95.9 Å². The van der Waals surface area contributed by atoms with Crippen LogP contribution in [0.1, 0.15) is 5.56 Å². The SMILES string of the molecule is Cc1cncc(N2CCN(CCF)CC2)c1. The number of aromatic nitrogens is 1. The number of hydrogen-bond acceptors (Lipinski definition) is 3. The van der Waals surface area contributed by atoms with Crippen molar-refractivity contribution in [2.24, 2.45) is 0 Å². The Bertz CT molecular complexity index is 335. The molecule has 0 spiro atoms. The molecule has 1 aliphatic rings. The summed E-state index contributed by atoms with van der Waals surface area (Å²) >= 11 is 0. The molecular formula is C12H18FN3. The van der Waals surface area contributed by atoms with Crippen LogP contribution in [0.3, 0.4) is 0 Å². The Morgan fingerprint density at radius 2 is 2.00 bits per heavy atom. The van der Waals surface area contributed by atoms with E-state index in [-0.39, 0.29) is 6.67 Å². The number of rotatable bonds is 3. The first-order valence-corrected chi connectivity index (χ1v) is 5.74. The third-order valence-electron chi connectivity index (χ3n) is 3.00. The highest BCUT2D eigenvalue weighted by Gasteiger charge is 2.16. The van der Waals surface area contributed by atoms with Gasteiger partial charge in [0.1, 0.15) is 6.67 Å². The van der Waals surface area contributed by atoms with Crippen LogP contribution in [-0.2, 0) is 0 Å². The van der Waals surface area contributed by atoms with Crippen molar-refractivity contribution < 1.29 is 4.39 Å². The Morgan fingerprint density at radius 1 is 1.25 bits per heavy atom. The fourth-order valence-electron chi connectivity index (χ4n) is 2.06. The maximum absolute atomic E-state index is 12.2. The summed E-state index contributed by atoms with van der Waals surface area (Å²) in [6.07, 6.45) is 3.76. The molecule has 0 aromatic carbocycles. The zero-order valence-electron chi connectivity index (χ0n) is 9.69. The molecule has 88 valence electrons. The van der Waals surface area contributed by atoms with Crippen LogP contribution < -0.4 is 4.90 Å². The van der Waals surface area contributed by atoms with Crippen molar-refractivity contribution in [2.75, 3.05) is 44.3 Å². The van der Waals surface area contributed by atoms with Gasteiger partial charge in [0.2, 0.25) is 0 Å². The zero-order valence-corrected chi connectivity index (χ0v) is 9.69. The molecule has 1 saturated heterocycles. The van der Waals surface area contributed by atoms with Crippen LogP contribution >= 0.6 is 0 Å². The summed E-state index contributed by atoms with van der Waals surface area (Å²) in [5.74, 6) is 0. The van der Waals surface area contributed by atoms with Gasteiger partial charge >= 0.3 is 0 Å². The highest BCUT2D eigenvalue weighted by atomic mass is 19.1. The van der Waals surface area contributed by atoms with Gasteiger partial charge in [-0.05, 0) is 18.6 Å². The van der Waals surface area contributed by atoms with Gasteiger partial charge in [0.25, 0.3) is 0 Å². The molecule has 1 aromatic rings. The summed E-state index contributed by atoms with van der Waals surface area (Å²) in [5, 5.41) is 0. The van der Waals surface area contributed by atoms with Gasteiger partial charge in [0, 0.05) is 38.9 Å². The standard InChI is InChI=1S/C12H18FN3/c1-11-8-12(10-14-9-11)16-6-4-15(3-2-13)5-7-16/h8-10H,2-7H2,1H3. The molecule has 0 atom stereocenters. The van der Waals surface area contributed by atoms with Crippen molar-refractivity contribution in [2.45, 2.75) is 6.92 Å². The van der Waals surface area contributed by atoms with Gasteiger partial charge in [0.15, 0.2) is 0 Å². The first-order valence-electron chi connectivity index (χ1n) is 5.74. The van der Waals surface area contributed by atoms with E-state index in [4.69, 9.17) is 0 Å². The normalized spacial score (nSPS) is 17.8. The predicted molar refractivity (Wildman–Crippen MR) is 63.6 cm³/mol. The maximum Gasteiger partial charge on any atom is 0.102 e. The van der Waals surface area contributed by atoms with Crippen molar-refractivity contribution >= 4 is 5.69 Å². The molecule has 1 fully saturated rings. The van der Waals surface area contributed by atoms with Gasteiger partial charge in [-0.2, -0.15) is 0 Å². The molecule has 0 saturated carbocycles. The van der Waals surface area contributed by atoms with Crippen molar-refractivity contribution in [3.8, 4) is 0 Å². The van der Waals surface area contributed by atoms with E-state index in [1.54, 1.807) is 0 Å². The smallest absolute Gasteiger partial charge is 0.102 e. The third-order valence-corrected chi connectivity index (χ3v) is 3.00. The Hall–Kier alpha value is -1.16. The molecule has 0 aliphatic carbocycles. The van der Waals surface area contributed by atoms with Crippen LogP contribution in [-0.4, -0.2) is 49.3 Å². The molecule has 0 unspecified atom stereocenters. The van der Waals surface area contributed by atoms with Gasteiger partial charge in [-0.3, -0.25) is 9.88 Å². The summed E-state index contributed by atoms with van der Waals surface area (Å²) < 4.78 is 12.2. The monoisotopic (exact) mass is 223 g/mol. The van der Waals surface area contributed by atoms with E-state index in [0.29, 0.717) is 6.54 Å². The van der Waals surface area contributed by atoms with E-state index in [9.17, 15) is 4.39 Å². The van der Waals surface area contributed by atoms with Crippen LogP contribution in [0.4, 0.5) is 10.1 Å². The number of halogens is 1. The average Bonchev–Trinajstić information content (AvgIpc) is 2.30. The van der Waals surface area contributed by atoms with E-state index < -0.39 is 0 Å². The minimum Gasteiger partial charge on any atom is -0.368 e. The van der Waals surface area contributed by atoms with Crippen LogP contribution in [0.5, 0.6) is 0 Å². The van der Waals surface area contributed by atoms with E-state index in [1.807, 2.05) is 12.4 Å². The molecule has 0 bridgehead atoms. The molecule has 4 heteroatoms. The third kappa shape index (κ3) is 2.70.